The molecule has 13 heavy (non-hydrogen) atoms. The molecule has 0 saturated carbocycles. The largest absolute Gasteiger partial charge is 0.384 e. The van der Waals surface area contributed by atoms with E-state index >= 15 is 0 Å². The van der Waals surface area contributed by atoms with Crippen LogP contribution in [0.4, 0.5) is 0 Å². The molecule has 0 aromatic carbocycles. The van der Waals surface area contributed by atoms with Gasteiger partial charge in [-0.15, -0.1) is 0 Å². The van der Waals surface area contributed by atoms with E-state index in [1.807, 2.05) is 13.0 Å². The monoisotopic (exact) mass is 197 g/mol. The Bertz CT molecular complexity index is 340. The summed E-state index contributed by atoms with van der Waals surface area (Å²) in [6.07, 6.45) is 2.38. The van der Waals surface area contributed by atoms with Gasteiger partial charge >= 0.3 is 0 Å². The predicted octanol–water partition coefficient (Wildman–Crippen LogP) is 2.28. The van der Waals surface area contributed by atoms with Gasteiger partial charge in [0.2, 0.25) is 0 Å². The van der Waals surface area contributed by atoms with Gasteiger partial charge in [-0.3, -0.25) is 0 Å². The van der Waals surface area contributed by atoms with Gasteiger partial charge in [0.05, 0.1) is 5.69 Å². The molecule has 0 saturated heterocycles. The Balaban J connectivity index is 2.52. The summed E-state index contributed by atoms with van der Waals surface area (Å²) in [5, 5.41) is 10.6. The Morgan fingerprint density at radius 3 is 3.08 bits per heavy atom. The fourth-order valence-corrected chi connectivity index (χ4v) is 2.02. The molecule has 1 atom stereocenters. The number of nitrogens with zero attached hydrogens (tertiary/aromatic N) is 1. The molecule has 2 rings (SSSR count). The third-order valence-corrected chi connectivity index (χ3v) is 2.99. The van der Waals surface area contributed by atoms with Gasteiger partial charge in [0.25, 0.3) is 0 Å². The molecule has 0 spiro atoms. The van der Waals surface area contributed by atoms with Crippen molar-refractivity contribution in [2.45, 2.75) is 31.8 Å². The van der Waals surface area contributed by atoms with Crippen molar-refractivity contribution in [2.24, 2.45) is 0 Å². The third-order valence-electron chi connectivity index (χ3n) is 2.78. The summed E-state index contributed by atoms with van der Waals surface area (Å²) in [4.78, 5) is 4.19. The van der Waals surface area contributed by atoms with Gasteiger partial charge in [-0.2, -0.15) is 0 Å². The predicted molar refractivity (Wildman–Crippen MR) is 51.8 cm³/mol. The van der Waals surface area contributed by atoms with E-state index in [0.717, 1.165) is 24.1 Å². The van der Waals surface area contributed by atoms with Crippen LogP contribution in [0.25, 0.3) is 0 Å². The highest BCUT2D eigenvalue weighted by atomic mass is 35.5. The average molecular weight is 198 g/mol. The molecule has 1 aromatic heterocycles. The van der Waals surface area contributed by atoms with E-state index in [-0.39, 0.29) is 0 Å². The summed E-state index contributed by atoms with van der Waals surface area (Å²) in [7, 11) is 0. The van der Waals surface area contributed by atoms with Crippen LogP contribution in [-0.4, -0.2) is 10.1 Å². The van der Waals surface area contributed by atoms with Crippen molar-refractivity contribution >= 4 is 11.6 Å². The highest BCUT2D eigenvalue weighted by molar-refractivity contribution is 6.29. The number of pyridine rings is 1. The minimum atomic E-state index is -0.736. The Kier molecular flexibility index (Phi) is 2.05. The molecular formula is C10H12ClNO. The van der Waals surface area contributed by atoms with Gasteiger partial charge < -0.3 is 5.11 Å². The lowest BCUT2D eigenvalue weighted by Crippen LogP contribution is -2.22. The zero-order valence-corrected chi connectivity index (χ0v) is 8.30. The summed E-state index contributed by atoms with van der Waals surface area (Å²) in [5.74, 6) is 0. The second kappa shape index (κ2) is 2.96. The number of hydrogen-bond donors (Lipinski definition) is 1. The zero-order valence-electron chi connectivity index (χ0n) is 7.55. The molecule has 70 valence electrons. The number of aliphatic hydroxyl groups is 1. The van der Waals surface area contributed by atoms with Crippen molar-refractivity contribution in [3.8, 4) is 0 Å². The molecule has 0 bridgehead atoms. The number of fused-ring (bicyclic) bond motifs is 1. The molecule has 1 aliphatic rings. The number of aromatic nitrogens is 1. The van der Waals surface area contributed by atoms with Crippen LogP contribution in [0.3, 0.4) is 0 Å². The number of rotatable bonds is 1. The van der Waals surface area contributed by atoms with Crippen LogP contribution in [0.1, 0.15) is 31.0 Å². The lowest BCUT2D eigenvalue weighted by atomic mass is 9.98. The van der Waals surface area contributed by atoms with Crippen LogP contribution in [0, 0.1) is 0 Å². The van der Waals surface area contributed by atoms with Crippen LogP contribution < -0.4 is 0 Å². The first-order valence-electron chi connectivity index (χ1n) is 4.54. The van der Waals surface area contributed by atoms with Crippen LogP contribution in [0.15, 0.2) is 12.1 Å². The molecule has 0 radical (unpaired) electrons. The van der Waals surface area contributed by atoms with E-state index in [1.165, 1.54) is 0 Å². The van der Waals surface area contributed by atoms with Crippen LogP contribution in [0.5, 0.6) is 0 Å². The molecule has 1 aromatic rings. The fraction of sp³-hybridized carbons (Fsp3) is 0.500. The summed E-state index contributed by atoms with van der Waals surface area (Å²) in [6, 6.07) is 3.74. The molecule has 0 unspecified atom stereocenters. The van der Waals surface area contributed by atoms with Crippen molar-refractivity contribution in [1.82, 2.24) is 4.98 Å². The molecule has 0 fully saturated rings. The standard InChI is InChI=1S/C10H12ClNO/c1-2-10(13)6-5-7-3-4-8(11)12-9(7)10/h3-4,13H,2,5-6H2,1H3/t10-/m1/s1. The molecule has 3 heteroatoms. The topological polar surface area (TPSA) is 33.1 Å². The van der Waals surface area contributed by atoms with E-state index in [0.29, 0.717) is 11.6 Å². The number of halogens is 1. The van der Waals surface area contributed by atoms with Crippen molar-refractivity contribution in [1.29, 1.82) is 0 Å². The maximum atomic E-state index is 10.2. The van der Waals surface area contributed by atoms with E-state index in [9.17, 15) is 5.11 Å². The Morgan fingerprint density at radius 1 is 1.62 bits per heavy atom. The normalized spacial score (nSPS) is 26.1. The van der Waals surface area contributed by atoms with Crippen LogP contribution in [-0.2, 0) is 12.0 Å². The Labute approximate surface area is 82.6 Å². The van der Waals surface area contributed by atoms with Gasteiger partial charge in [-0.1, -0.05) is 24.6 Å². The summed E-state index contributed by atoms with van der Waals surface area (Å²) in [5.41, 5.74) is 1.18. The van der Waals surface area contributed by atoms with Crippen molar-refractivity contribution < 1.29 is 5.11 Å². The van der Waals surface area contributed by atoms with Gasteiger partial charge in [0.1, 0.15) is 10.8 Å². The summed E-state index contributed by atoms with van der Waals surface area (Å²) >= 11 is 5.79. The number of aryl methyl sites for hydroxylation is 1. The zero-order chi connectivity index (χ0) is 9.47. The SMILES string of the molecule is CC[C@@]1(O)CCc2ccc(Cl)nc21. The van der Waals surface area contributed by atoms with Crippen molar-refractivity contribution in [3.63, 3.8) is 0 Å². The van der Waals surface area contributed by atoms with Gasteiger partial charge in [-0.05, 0) is 30.9 Å². The van der Waals surface area contributed by atoms with E-state index in [1.54, 1.807) is 6.07 Å². The minimum Gasteiger partial charge on any atom is -0.384 e. The smallest absolute Gasteiger partial charge is 0.129 e. The summed E-state index contributed by atoms with van der Waals surface area (Å²) < 4.78 is 0. The molecule has 2 nitrogen and oxygen atoms in total. The Morgan fingerprint density at radius 2 is 2.38 bits per heavy atom. The molecule has 1 aliphatic carbocycles. The van der Waals surface area contributed by atoms with E-state index in [2.05, 4.69) is 4.98 Å². The number of hydrogen-bond acceptors (Lipinski definition) is 2. The van der Waals surface area contributed by atoms with Crippen LogP contribution in [0.2, 0.25) is 5.15 Å². The average Bonchev–Trinajstić information content (AvgIpc) is 2.45. The summed E-state index contributed by atoms with van der Waals surface area (Å²) in [6.45, 7) is 1.97. The van der Waals surface area contributed by atoms with Gasteiger partial charge in [0, 0.05) is 0 Å². The van der Waals surface area contributed by atoms with Crippen LogP contribution >= 0.6 is 11.6 Å². The van der Waals surface area contributed by atoms with Gasteiger partial charge in [-0.25, -0.2) is 4.98 Å². The maximum absolute atomic E-state index is 10.2. The first kappa shape index (κ1) is 8.97. The second-order valence-corrected chi connectivity index (χ2v) is 3.91. The molecule has 1 heterocycles. The fourth-order valence-electron chi connectivity index (χ4n) is 1.87. The van der Waals surface area contributed by atoms with E-state index in [4.69, 9.17) is 11.6 Å². The highest BCUT2D eigenvalue weighted by Gasteiger charge is 2.36. The minimum absolute atomic E-state index is 0.465. The lowest BCUT2D eigenvalue weighted by molar-refractivity contribution is 0.0306. The molecular weight excluding hydrogens is 186 g/mol. The van der Waals surface area contributed by atoms with Crippen molar-refractivity contribution in [3.05, 3.63) is 28.5 Å². The van der Waals surface area contributed by atoms with Crippen molar-refractivity contribution in [2.75, 3.05) is 0 Å². The third kappa shape index (κ3) is 1.34. The lowest BCUT2D eigenvalue weighted by Gasteiger charge is -2.20. The molecule has 0 amide bonds. The quantitative estimate of drug-likeness (QED) is 0.701. The first-order valence-corrected chi connectivity index (χ1v) is 4.92. The highest BCUT2D eigenvalue weighted by Crippen LogP contribution is 2.38. The molecule has 1 N–H and O–H groups in total. The Hall–Kier alpha value is -0.600. The van der Waals surface area contributed by atoms with Gasteiger partial charge in [0.15, 0.2) is 0 Å². The second-order valence-electron chi connectivity index (χ2n) is 3.53. The maximum Gasteiger partial charge on any atom is 0.129 e. The molecule has 0 aliphatic heterocycles. The van der Waals surface area contributed by atoms with E-state index < -0.39 is 5.60 Å². The first-order chi connectivity index (χ1) is 6.15.